The molecule has 90 valence electrons. The summed E-state index contributed by atoms with van der Waals surface area (Å²) in [7, 11) is 1.65. The van der Waals surface area contributed by atoms with Crippen LogP contribution in [0, 0.1) is 0 Å². The molecule has 6 heteroatoms. The summed E-state index contributed by atoms with van der Waals surface area (Å²) in [6.07, 6.45) is 0.833. The van der Waals surface area contributed by atoms with Crippen molar-refractivity contribution < 1.29 is 9.15 Å². The quantitative estimate of drug-likeness (QED) is 0.811. The van der Waals surface area contributed by atoms with Gasteiger partial charge in [-0.15, -0.1) is 0 Å². The van der Waals surface area contributed by atoms with E-state index in [1.807, 2.05) is 24.3 Å². The number of nitrogens with two attached hydrogens (primary N) is 1. The predicted octanol–water partition coefficient (Wildman–Crippen LogP) is 1.31. The first-order chi connectivity index (χ1) is 8.28. The van der Waals surface area contributed by atoms with Gasteiger partial charge in [0.25, 0.3) is 0 Å². The monoisotopic (exact) mass is 234 g/mol. The van der Waals surface area contributed by atoms with E-state index in [0.29, 0.717) is 12.6 Å². The van der Waals surface area contributed by atoms with Gasteiger partial charge in [-0.25, -0.2) is 0 Å². The summed E-state index contributed by atoms with van der Waals surface area (Å²) in [6, 6.07) is 8.30. The number of nitrogens with one attached hydrogen (secondary N) is 1. The van der Waals surface area contributed by atoms with Gasteiger partial charge in [0.2, 0.25) is 0 Å². The average molecular weight is 234 g/mol. The molecule has 0 atom stereocenters. The first kappa shape index (κ1) is 11.3. The Morgan fingerprint density at radius 2 is 2.29 bits per heavy atom. The summed E-state index contributed by atoms with van der Waals surface area (Å²) in [5.41, 5.74) is 6.47. The third-order valence-corrected chi connectivity index (χ3v) is 2.26. The first-order valence-corrected chi connectivity index (χ1v) is 5.23. The maximum atomic E-state index is 5.30. The van der Waals surface area contributed by atoms with Crippen molar-refractivity contribution in [2.24, 2.45) is 0 Å². The molecule has 0 aliphatic heterocycles. The second-order valence-corrected chi connectivity index (χ2v) is 3.47. The van der Waals surface area contributed by atoms with Gasteiger partial charge in [-0.1, -0.05) is 22.3 Å². The van der Waals surface area contributed by atoms with E-state index in [0.717, 1.165) is 12.2 Å². The van der Waals surface area contributed by atoms with Crippen LogP contribution >= 0.6 is 0 Å². The molecule has 17 heavy (non-hydrogen) atoms. The minimum atomic E-state index is 0.0638. The molecule has 1 aromatic heterocycles. The molecule has 0 spiro atoms. The second kappa shape index (κ2) is 5.20. The van der Waals surface area contributed by atoms with E-state index in [1.165, 1.54) is 5.56 Å². The molecular formula is C11H14N4O2. The molecule has 2 aromatic rings. The highest BCUT2D eigenvalue weighted by atomic mass is 16.5. The van der Waals surface area contributed by atoms with Crippen LogP contribution in [0.2, 0.25) is 0 Å². The smallest absolute Gasteiger partial charge is 0.316 e. The molecule has 0 bridgehead atoms. The van der Waals surface area contributed by atoms with Crippen LogP contribution in [-0.2, 0) is 6.42 Å². The van der Waals surface area contributed by atoms with Crippen LogP contribution in [0.3, 0.4) is 0 Å². The largest absolute Gasteiger partial charge is 0.497 e. The summed E-state index contributed by atoms with van der Waals surface area (Å²) >= 11 is 0. The van der Waals surface area contributed by atoms with Crippen molar-refractivity contribution in [1.82, 2.24) is 10.2 Å². The zero-order valence-electron chi connectivity index (χ0n) is 9.51. The summed E-state index contributed by atoms with van der Waals surface area (Å²) in [5, 5.41) is 10.2. The van der Waals surface area contributed by atoms with Gasteiger partial charge in [-0.2, -0.15) is 0 Å². The average Bonchev–Trinajstić information content (AvgIpc) is 2.75. The molecule has 0 amide bonds. The minimum Gasteiger partial charge on any atom is -0.497 e. The molecular weight excluding hydrogens is 220 g/mol. The van der Waals surface area contributed by atoms with Crippen LogP contribution < -0.4 is 15.8 Å². The van der Waals surface area contributed by atoms with Crippen molar-refractivity contribution in [3.05, 3.63) is 29.8 Å². The lowest BCUT2D eigenvalue weighted by Crippen LogP contribution is -2.05. The number of nitrogens with zero attached hydrogens (tertiary/aromatic N) is 2. The fourth-order valence-corrected chi connectivity index (χ4v) is 1.45. The summed E-state index contributed by atoms with van der Waals surface area (Å²) in [6.45, 7) is 0.689. The number of ether oxygens (including phenoxy) is 1. The van der Waals surface area contributed by atoms with E-state index in [-0.39, 0.29) is 6.01 Å². The maximum Gasteiger partial charge on any atom is 0.316 e. The van der Waals surface area contributed by atoms with Crippen LogP contribution in [0.15, 0.2) is 28.7 Å². The number of rotatable bonds is 5. The zero-order valence-corrected chi connectivity index (χ0v) is 9.51. The Morgan fingerprint density at radius 3 is 3.00 bits per heavy atom. The Hall–Kier alpha value is -2.24. The van der Waals surface area contributed by atoms with Crippen molar-refractivity contribution >= 4 is 12.0 Å². The number of hydrogen-bond acceptors (Lipinski definition) is 6. The molecule has 0 unspecified atom stereocenters. The number of benzene rings is 1. The normalized spacial score (nSPS) is 10.2. The number of anilines is 2. The SMILES string of the molecule is COc1cccc(CCNc2nnc(N)o2)c1. The van der Waals surface area contributed by atoms with Gasteiger partial charge in [0.05, 0.1) is 7.11 Å². The van der Waals surface area contributed by atoms with Crippen LogP contribution in [-0.4, -0.2) is 23.9 Å². The van der Waals surface area contributed by atoms with E-state index in [9.17, 15) is 0 Å². The Bertz CT molecular complexity index is 484. The molecule has 0 saturated heterocycles. The van der Waals surface area contributed by atoms with Gasteiger partial charge in [0.15, 0.2) is 0 Å². The second-order valence-electron chi connectivity index (χ2n) is 3.47. The van der Waals surface area contributed by atoms with E-state index in [4.69, 9.17) is 14.9 Å². The summed E-state index contributed by atoms with van der Waals surface area (Å²) in [4.78, 5) is 0. The summed E-state index contributed by atoms with van der Waals surface area (Å²) < 4.78 is 10.1. The van der Waals surface area contributed by atoms with E-state index in [1.54, 1.807) is 7.11 Å². The fraction of sp³-hybridized carbons (Fsp3) is 0.273. The highest BCUT2D eigenvalue weighted by Gasteiger charge is 2.01. The topological polar surface area (TPSA) is 86.2 Å². The van der Waals surface area contributed by atoms with Crippen molar-refractivity contribution in [2.75, 3.05) is 24.7 Å². The number of aromatic nitrogens is 2. The number of methoxy groups -OCH3 is 1. The molecule has 0 aliphatic rings. The lowest BCUT2D eigenvalue weighted by Gasteiger charge is -2.04. The third-order valence-electron chi connectivity index (χ3n) is 2.26. The van der Waals surface area contributed by atoms with Gasteiger partial charge >= 0.3 is 12.0 Å². The van der Waals surface area contributed by atoms with E-state index < -0.39 is 0 Å². The lowest BCUT2D eigenvalue weighted by atomic mass is 10.1. The first-order valence-electron chi connectivity index (χ1n) is 5.23. The van der Waals surface area contributed by atoms with Crippen LogP contribution in [0.5, 0.6) is 5.75 Å². The van der Waals surface area contributed by atoms with Crippen LogP contribution in [0.25, 0.3) is 0 Å². The molecule has 1 heterocycles. The van der Waals surface area contributed by atoms with Crippen molar-refractivity contribution in [3.63, 3.8) is 0 Å². The van der Waals surface area contributed by atoms with Crippen molar-refractivity contribution in [3.8, 4) is 5.75 Å². The molecule has 0 aliphatic carbocycles. The Kier molecular flexibility index (Phi) is 3.44. The van der Waals surface area contributed by atoms with Gasteiger partial charge in [0.1, 0.15) is 5.75 Å². The standard InChI is InChI=1S/C11H14N4O2/c1-16-9-4-2-3-8(7-9)5-6-13-11-15-14-10(12)17-11/h2-4,7H,5-6H2,1H3,(H2,12,14)(H,13,15). The number of nitrogen functional groups attached to an aromatic ring is 1. The highest BCUT2D eigenvalue weighted by molar-refractivity contribution is 5.29. The Labute approximate surface area is 98.8 Å². The zero-order chi connectivity index (χ0) is 12.1. The predicted molar refractivity (Wildman–Crippen MR) is 63.9 cm³/mol. The fourth-order valence-electron chi connectivity index (χ4n) is 1.45. The van der Waals surface area contributed by atoms with Gasteiger partial charge in [-0.05, 0) is 24.1 Å². The summed E-state index contributed by atoms with van der Waals surface area (Å²) in [5.74, 6) is 0.851. The van der Waals surface area contributed by atoms with Crippen LogP contribution in [0.1, 0.15) is 5.56 Å². The molecule has 0 radical (unpaired) electrons. The maximum absolute atomic E-state index is 5.30. The molecule has 0 fully saturated rings. The molecule has 1 aromatic carbocycles. The number of hydrogen-bond donors (Lipinski definition) is 2. The Balaban J connectivity index is 1.85. The van der Waals surface area contributed by atoms with Gasteiger partial charge in [-0.3, -0.25) is 0 Å². The lowest BCUT2D eigenvalue weighted by molar-refractivity contribution is 0.414. The van der Waals surface area contributed by atoms with Gasteiger partial charge in [0, 0.05) is 6.54 Å². The van der Waals surface area contributed by atoms with Crippen molar-refractivity contribution in [2.45, 2.75) is 6.42 Å². The molecule has 2 rings (SSSR count). The van der Waals surface area contributed by atoms with Gasteiger partial charge < -0.3 is 20.2 Å². The molecule has 0 saturated carbocycles. The third kappa shape index (κ3) is 3.10. The molecule has 6 nitrogen and oxygen atoms in total. The Morgan fingerprint density at radius 1 is 1.41 bits per heavy atom. The van der Waals surface area contributed by atoms with Crippen LogP contribution in [0.4, 0.5) is 12.0 Å². The minimum absolute atomic E-state index is 0.0638. The van der Waals surface area contributed by atoms with E-state index in [2.05, 4.69) is 15.5 Å². The van der Waals surface area contributed by atoms with Crippen molar-refractivity contribution in [1.29, 1.82) is 0 Å². The molecule has 3 N–H and O–H groups in total. The van der Waals surface area contributed by atoms with E-state index >= 15 is 0 Å². The highest BCUT2D eigenvalue weighted by Crippen LogP contribution is 2.13.